The van der Waals surface area contributed by atoms with Gasteiger partial charge in [-0.25, -0.2) is 13.5 Å². The Hall–Kier alpha value is -4.04. The summed E-state index contributed by atoms with van der Waals surface area (Å²) in [5.74, 6) is -1.86. The lowest BCUT2D eigenvalue weighted by Crippen LogP contribution is -2.18. The summed E-state index contributed by atoms with van der Waals surface area (Å²) in [7, 11) is 0. The van der Waals surface area contributed by atoms with E-state index in [1.165, 1.54) is 27.6 Å². The number of rotatable bonds is 6. The van der Waals surface area contributed by atoms with Crippen LogP contribution in [0.3, 0.4) is 0 Å². The molecule has 6 nitrogen and oxygen atoms in total. The van der Waals surface area contributed by atoms with Crippen molar-refractivity contribution < 1.29 is 8.78 Å². The molecule has 33 heavy (non-hydrogen) atoms. The zero-order chi connectivity index (χ0) is 23.5. The number of nitrogens with zero attached hydrogens (tertiary/aromatic N) is 3. The summed E-state index contributed by atoms with van der Waals surface area (Å²) in [6, 6.07) is 13.5. The molecule has 0 aliphatic carbocycles. The van der Waals surface area contributed by atoms with Crippen LogP contribution in [0.1, 0.15) is 11.3 Å². The van der Waals surface area contributed by atoms with E-state index < -0.39 is 11.6 Å². The lowest BCUT2D eigenvalue weighted by molar-refractivity contribution is 0.516. The molecule has 4 aromatic rings. The van der Waals surface area contributed by atoms with Crippen LogP contribution in [0.25, 0.3) is 17.1 Å². The highest BCUT2D eigenvalue weighted by Crippen LogP contribution is 2.22. The number of allylic oxidation sites excluding steroid dienone is 1. The summed E-state index contributed by atoms with van der Waals surface area (Å²) in [5.41, 5.74) is 2.76. The van der Waals surface area contributed by atoms with E-state index in [0.717, 1.165) is 24.2 Å². The van der Waals surface area contributed by atoms with Crippen LogP contribution in [0.4, 0.5) is 14.5 Å². The number of nitrogens with one attached hydrogen (secondary N) is 2. The summed E-state index contributed by atoms with van der Waals surface area (Å²) in [4.78, 5) is 12.6. The summed E-state index contributed by atoms with van der Waals surface area (Å²) in [6.45, 7) is 1.83. The van der Waals surface area contributed by atoms with E-state index in [4.69, 9.17) is 17.0 Å². The first kappa shape index (κ1) is 22.2. The first-order valence-corrected chi connectivity index (χ1v) is 10.2. The second-order valence-corrected chi connectivity index (χ2v) is 7.62. The normalized spacial score (nSPS) is 11.5. The second kappa shape index (κ2) is 9.22. The average Bonchev–Trinajstić information content (AvgIpc) is 3.12. The van der Waals surface area contributed by atoms with Gasteiger partial charge in [-0.1, -0.05) is 17.7 Å². The zero-order valence-electron chi connectivity index (χ0n) is 17.4. The van der Waals surface area contributed by atoms with Crippen molar-refractivity contribution in [1.82, 2.24) is 14.3 Å². The average molecular weight is 466 g/mol. The van der Waals surface area contributed by atoms with Gasteiger partial charge in [-0.3, -0.25) is 4.79 Å². The molecule has 9 heteroatoms. The van der Waals surface area contributed by atoms with E-state index in [1.54, 1.807) is 42.5 Å². The Bertz CT molecular complexity index is 1420. The Kier molecular flexibility index (Phi) is 6.19. The van der Waals surface area contributed by atoms with Crippen molar-refractivity contribution in [2.45, 2.75) is 6.92 Å². The van der Waals surface area contributed by atoms with Crippen LogP contribution in [0.15, 0.2) is 78.0 Å². The van der Waals surface area contributed by atoms with Crippen molar-refractivity contribution in [3.8, 4) is 11.4 Å². The van der Waals surface area contributed by atoms with E-state index in [1.807, 2.05) is 6.92 Å². The number of anilines is 1. The van der Waals surface area contributed by atoms with Gasteiger partial charge in [0, 0.05) is 47.3 Å². The molecule has 0 saturated carbocycles. The summed E-state index contributed by atoms with van der Waals surface area (Å²) >= 11 is 6.04. The van der Waals surface area contributed by atoms with Gasteiger partial charge in [0.15, 0.2) is 17.3 Å². The maximum atomic E-state index is 13.4. The summed E-state index contributed by atoms with van der Waals surface area (Å²) < 4.78 is 29.7. The Morgan fingerprint density at radius 2 is 1.88 bits per heavy atom. The molecule has 4 rings (SSSR count). The van der Waals surface area contributed by atoms with Crippen molar-refractivity contribution in [3.05, 3.63) is 111 Å². The van der Waals surface area contributed by atoms with E-state index in [9.17, 15) is 13.6 Å². The van der Waals surface area contributed by atoms with Crippen LogP contribution < -0.4 is 10.7 Å². The predicted molar refractivity (Wildman–Crippen MR) is 126 cm³/mol. The van der Waals surface area contributed by atoms with E-state index in [2.05, 4.69) is 10.4 Å². The molecule has 2 aromatic heterocycles. The van der Waals surface area contributed by atoms with Crippen LogP contribution in [0, 0.1) is 24.0 Å². The number of halogens is 3. The monoisotopic (exact) mass is 465 g/mol. The number of hydrogen-bond donors (Lipinski definition) is 2. The Morgan fingerprint density at radius 3 is 2.55 bits per heavy atom. The highest BCUT2D eigenvalue weighted by molar-refractivity contribution is 6.30. The van der Waals surface area contributed by atoms with Crippen LogP contribution in [0.5, 0.6) is 0 Å². The highest BCUT2D eigenvalue weighted by atomic mass is 35.5. The minimum Gasteiger partial charge on any atom is -0.354 e. The Balaban J connectivity index is 1.72. The molecule has 0 saturated heterocycles. The third kappa shape index (κ3) is 4.75. The molecule has 0 bridgehead atoms. The molecule has 0 aliphatic heterocycles. The van der Waals surface area contributed by atoms with Gasteiger partial charge in [-0.05, 0) is 55.0 Å². The fourth-order valence-electron chi connectivity index (χ4n) is 3.32. The molecule has 0 fully saturated rings. The standard InChI is InChI=1S/C24H18ClF2N5O/c1-15-11-18(31-13-19(26)20(27)14-31)5-6-22(15)32-10-8-23(33)24(30-32)21(7-9-28)29-17-4-2-3-16(25)12-17/h2-14,28-29H,1H3/b21-7-,28-9?. The van der Waals surface area contributed by atoms with E-state index in [0.29, 0.717) is 27.8 Å². The SMILES string of the molecule is Cc1cc(-n2cc(F)c(F)c2)ccc1-n1ccc(=O)c(/C(=C/C=N)Nc2cccc(Cl)c2)n1. The molecule has 0 aliphatic rings. The molecule has 0 radical (unpaired) electrons. The van der Waals surface area contributed by atoms with Crippen molar-refractivity contribution in [2.24, 2.45) is 0 Å². The maximum Gasteiger partial charge on any atom is 0.209 e. The van der Waals surface area contributed by atoms with E-state index in [-0.39, 0.29) is 11.1 Å². The van der Waals surface area contributed by atoms with Crippen molar-refractivity contribution in [3.63, 3.8) is 0 Å². The molecule has 0 amide bonds. The quantitative estimate of drug-likeness (QED) is 0.376. The molecular formula is C24H18ClF2N5O. The first-order valence-electron chi connectivity index (χ1n) is 9.84. The van der Waals surface area contributed by atoms with Gasteiger partial charge >= 0.3 is 0 Å². The van der Waals surface area contributed by atoms with Crippen LogP contribution in [-0.2, 0) is 0 Å². The van der Waals surface area contributed by atoms with Gasteiger partial charge in [0.1, 0.15) is 0 Å². The second-order valence-electron chi connectivity index (χ2n) is 7.19. The number of aryl methyl sites for hydroxylation is 1. The molecule has 0 unspecified atom stereocenters. The highest BCUT2D eigenvalue weighted by Gasteiger charge is 2.13. The minimum absolute atomic E-state index is 0.110. The first-order chi connectivity index (χ1) is 15.9. The third-order valence-electron chi connectivity index (χ3n) is 4.88. The lowest BCUT2D eigenvalue weighted by atomic mass is 10.1. The largest absolute Gasteiger partial charge is 0.354 e. The van der Waals surface area contributed by atoms with Crippen LogP contribution in [0.2, 0.25) is 5.02 Å². The van der Waals surface area contributed by atoms with Crippen molar-refractivity contribution in [2.75, 3.05) is 5.32 Å². The van der Waals surface area contributed by atoms with E-state index >= 15 is 0 Å². The maximum absolute atomic E-state index is 13.4. The third-order valence-corrected chi connectivity index (χ3v) is 5.11. The van der Waals surface area contributed by atoms with Gasteiger partial charge < -0.3 is 15.3 Å². The number of hydrogen-bond acceptors (Lipinski definition) is 4. The molecule has 166 valence electrons. The number of benzene rings is 2. The molecule has 0 spiro atoms. The molecular weight excluding hydrogens is 448 g/mol. The molecule has 2 aromatic carbocycles. The van der Waals surface area contributed by atoms with Gasteiger partial charge in [-0.2, -0.15) is 5.10 Å². The zero-order valence-corrected chi connectivity index (χ0v) is 18.1. The van der Waals surface area contributed by atoms with Crippen LogP contribution in [-0.4, -0.2) is 20.6 Å². The summed E-state index contributed by atoms with van der Waals surface area (Å²) in [6.07, 6.45) is 6.15. The van der Waals surface area contributed by atoms with Crippen molar-refractivity contribution in [1.29, 1.82) is 5.41 Å². The van der Waals surface area contributed by atoms with Gasteiger partial charge in [0.05, 0.1) is 11.4 Å². The van der Waals surface area contributed by atoms with Crippen LogP contribution >= 0.6 is 11.6 Å². The lowest BCUT2D eigenvalue weighted by Gasteiger charge is -2.14. The fourth-order valence-corrected chi connectivity index (χ4v) is 3.51. The smallest absolute Gasteiger partial charge is 0.209 e. The van der Waals surface area contributed by atoms with Crippen molar-refractivity contribution >= 4 is 29.2 Å². The fraction of sp³-hybridized carbons (Fsp3) is 0.0417. The van der Waals surface area contributed by atoms with Gasteiger partial charge in [0.2, 0.25) is 5.43 Å². The Labute approximate surface area is 192 Å². The van der Waals surface area contributed by atoms with Gasteiger partial charge in [-0.15, -0.1) is 0 Å². The Morgan fingerprint density at radius 1 is 1.12 bits per heavy atom. The topological polar surface area (TPSA) is 75.7 Å². The minimum atomic E-state index is -0.929. The molecule has 0 atom stereocenters. The molecule has 2 heterocycles. The van der Waals surface area contributed by atoms with Gasteiger partial charge in [0.25, 0.3) is 0 Å². The predicted octanol–water partition coefficient (Wildman–Crippen LogP) is 5.37. The molecule has 2 N–H and O–H groups in total. The summed E-state index contributed by atoms with van der Waals surface area (Å²) in [5, 5.41) is 15.6. The number of aromatic nitrogens is 3.